The van der Waals surface area contributed by atoms with Crippen LogP contribution in [-0.4, -0.2) is 46.7 Å². The third kappa shape index (κ3) is 2.95. The second-order valence-corrected chi connectivity index (χ2v) is 6.99. The maximum absolute atomic E-state index is 11.5. The molecule has 1 aliphatic heterocycles. The fourth-order valence-corrected chi connectivity index (χ4v) is 3.86. The maximum Gasteiger partial charge on any atom is 0.323 e. The Balaban J connectivity index is 1.45. The summed E-state index contributed by atoms with van der Waals surface area (Å²) >= 11 is 0. The smallest absolute Gasteiger partial charge is 0.323 e. The van der Waals surface area contributed by atoms with Gasteiger partial charge in [0.15, 0.2) is 0 Å². The number of nitrogens with one attached hydrogen (secondary N) is 1. The number of hydrogen-bond donors (Lipinski definition) is 2. The molecule has 4 heteroatoms. The van der Waals surface area contributed by atoms with Crippen molar-refractivity contribution >= 4 is 5.97 Å². The summed E-state index contributed by atoms with van der Waals surface area (Å²) < 4.78 is 0. The molecule has 1 saturated heterocycles. The topological polar surface area (TPSA) is 52.6 Å². The van der Waals surface area contributed by atoms with Crippen LogP contribution in [0.2, 0.25) is 0 Å². The molecule has 3 fully saturated rings. The predicted molar refractivity (Wildman–Crippen MR) is 74.1 cm³/mol. The van der Waals surface area contributed by atoms with E-state index in [1.807, 2.05) is 6.92 Å². The van der Waals surface area contributed by atoms with Crippen LogP contribution in [0.15, 0.2) is 0 Å². The van der Waals surface area contributed by atoms with Crippen LogP contribution in [0, 0.1) is 5.92 Å². The Morgan fingerprint density at radius 3 is 2.68 bits per heavy atom. The molecule has 0 aromatic rings. The number of hydrogen-bond acceptors (Lipinski definition) is 3. The minimum absolute atomic E-state index is 0.448. The van der Waals surface area contributed by atoms with Gasteiger partial charge in [0.05, 0.1) is 0 Å². The second kappa shape index (κ2) is 5.06. The summed E-state index contributed by atoms with van der Waals surface area (Å²) in [6.45, 7) is 4.19. The monoisotopic (exact) mass is 266 g/mol. The van der Waals surface area contributed by atoms with E-state index in [1.165, 1.54) is 25.8 Å². The van der Waals surface area contributed by atoms with Gasteiger partial charge in [-0.2, -0.15) is 0 Å². The number of piperidine rings is 1. The molecule has 0 aromatic carbocycles. The van der Waals surface area contributed by atoms with E-state index in [0.29, 0.717) is 6.04 Å². The van der Waals surface area contributed by atoms with Gasteiger partial charge in [0.25, 0.3) is 0 Å². The molecule has 2 saturated carbocycles. The average Bonchev–Trinajstić information content (AvgIpc) is 2.92. The Morgan fingerprint density at radius 2 is 2.16 bits per heavy atom. The molecular weight excluding hydrogens is 240 g/mol. The zero-order valence-corrected chi connectivity index (χ0v) is 11.9. The molecule has 3 unspecified atom stereocenters. The summed E-state index contributed by atoms with van der Waals surface area (Å²) in [6.07, 6.45) is 8.17. The normalized spacial score (nSPS) is 33.5. The van der Waals surface area contributed by atoms with Crippen molar-refractivity contribution in [3.05, 3.63) is 0 Å². The van der Waals surface area contributed by atoms with Crippen molar-refractivity contribution in [3.63, 3.8) is 0 Å². The molecule has 2 bridgehead atoms. The summed E-state index contributed by atoms with van der Waals surface area (Å²) in [4.78, 5) is 14.1. The molecule has 0 aromatic heterocycles. The summed E-state index contributed by atoms with van der Waals surface area (Å²) in [5.41, 5.74) is -0.722. The van der Waals surface area contributed by atoms with Crippen molar-refractivity contribution in [1.82, 2.24) is 10.2 Å². The summed E-state index contributed by atoms with van der Waals surface area (Å²) in [7, 11) is 0. The largest absolute Gasteiger partial charge is 0.480 e. The lowest BCUT2D eigenvalue weighted by molar-refractivity contribution is -0.144. The Hall–Kier alpha value is -0.610. The van der Waals surface area contributed by atoms with Crippen LogP contribution in [0.1, 0.15) is 51.9 Å². The van der Waals surface area contributed by atoms with Crippen LogP contribution in [0.25, 0.3) is 0 Å². The number of carbonyl (C=O) groups is 1. The second-order valence-electron chi connectivity index (χ2n) is 6.99. The number of carboxylic acid groups (broad SMARTS) is 1. The van der Waals surface area contributed by atoms with E-state index in [0.717, 1.165) is 44.2 Å². The van der Waals surface area contributed by atoms with Crippen molar-refractivity contribution in [1.29, 1.82) is 0 Å². The van der Waals surface area contributed by atoms with Crippen LogP contribution >= 0.6 is 0 Å². The van der Waals surface area contributed by atoms with Crippen molar-refractivity contribution in [2.75, 3.05) is 13.1 Å². The molecule has 4 nitrogen and oxygen atoms in total. The lowest BCUT2D eigenvalue weighted by Gasteiger charge is -2.30. The van der Waals surface area contributed by atoms with Gasteiger partial charge in [0.1, 0.15) is 5.54 Å². The Kier molecular flexibility index (Phi) is 3.56. The molecule has 108 valence electrons. The van der Waals surface area contributed by atoms with Gasteiger partial charge in [-0.25, -0.2) is 0 Å². The van der Waals surface area contributed by atoms with E-state index in [4.69, 9.17) is 0 Å². The van der Waals surface area contributed by atoms with Gasteiger partial charge in [0.2, 0.25) is 0 Å². The number of nitrogens with zero attached hydrogens (tertiary/aromatic N) is 1. The van der Waals surface area contributed by atoms with E-state index in [1.54, 1.807) is 0 Å². The Bertz CT molecular complexity index is 356. The molecular formula is C15H26N2O2. The standard InChI is InChI=1S/C15H26N2O2/c1-15(14(18)19,16-12-4-5-12)7-2-8-17-10-11-3-6-13(17)9-11/h11-13,16H,2-10H2,1H3,(H,18,19). The summed E-state index contributed by atoms with van der Waals surface area (Å²) in [6, 6.07) is 1.25. The van der Waals surface area contributed by atoms with E-state index in [9.17, 15) is 9.90 Å². The van der Waals surface area contributed by atoms with E-state index >= 15 is 0 Å². The first-order valence-corrected chi connectivity index (χ1v) is 7.82. The third-order valence-corrected chi connectivity index (χ3v) is 5.22. The quantitative estimate of drug-likeness (QED) is 0.738. The predicted octanol–water partition coefficient (Wildman–Crippen LogP) is 1.85. The molecule has 3 atom stereocenters. The first-order valence-electron chi connectivity index (χ1n) is 7.82. The molecule has 0 amide bonds. The van der Waals surface area contributed by atoms with Crippen LogP contribution in [0.3, 0.4) is 0 Å². The van der Waals surface area contributed by atoms with Gasteiger partial charge in [-0.05, 0) is 64.3 Å². The number of fused-ring (bicyclic) bond motifs is 2. The molecule has 0 spiro atoms. The number of rotatable bonds is 7. The van der Waals surface area contributed by atoms with Crippen molar-refractivity contribution in [2.45, 2.75) is 69.5 Å². The van der Waals surface area contributed by atoms with Gasteiger partial charge in [0, 0.05) is 18.6 Å². The maximum atomic E-state index is 11.5. The van der Waals surface area contributed by atoms with Crippen LogP contribution < -0.4 is 5.32 Å². The van der Waals surface area contributed by atoms with Crippen LogP contribution in [0.4, 0.5) is 0 Å². The summed E-state index contributed by atoms with van der Waals surface area (Å²) in [5, 5.41) is 12.7. The van der Waals surface area contributed by atoms with E-state index in [-0.39, 0.29) is 0 Å². The average molecular weight is 266 g/mol. The highest BCUT2D eigenvalue weighted by Crippen LogP contribution is 2.37. The van der Waals surface area contributed by atoms with E-state index < -0.39 is 11.5 Å². The molecule has 3 aliphatic rings. The molecule has 3 rings (SSSR count). The highest BCUT2D eigenvalue weighted by Gasteiger charge is 2.40. The lowest BCUT2D eigenvalue weighted by atomic mass is 9.95. The van der Waals surface area contributed by atoms with Crippen LogP contribution in [0.5, 0.6) is 0 Å². The molecule has 0 radical (unpaired) electrons. The van der Waals surface area contributed by atoms with Gasteiger partial charge < -0.3 is 10.0 Å². The van der Waals surface area contributed by atoms with Crippen molar-refractivity contribution in [3.8, 4) is 0 Å². The Labute approximate surface area is 115 Å². The minimum Gasteiger partial charge on any atom is -0.480 e. The number of aliphatic carboxylic acids is 1. The zero-order chi connectivity index (χ0) is 13.5. The molecule has 2 N–H and O–H groups in total. The first-order chi connectivity index (χ1) is 9.07. The Morgan fingerprint density at radius 1 is 1.37 bits per heavy atom. The highest BCUT2D eigenvalue weighted by molar-refractivity contribution is 5.78. The van der Waals surface area contributed by atoms with Gasteiger partial charge in [-0.15, -0.1) is 0 Å². The number of carboxylic acids is 1. The first kappa shape index (κ1) is 13.4. The van der Waals surface area contributed by atoms with Gasteiger partial charge >= 0.3 is 5.97 Å². The molecule has 19 heavy (non-hydrogen) atoms. The lowest BCUT2D eigenvalue weighted by Crippen LogP contribution is -2.51. The van der Waals surface area contributed by atoms with E-state index in [2.05, 4.69) is 10.2 Å². The molecule has 2 aliphatic carbocycles. The van der Waals surface area contributed by atoms with Crippen LogP contribution in [-0.2, 0) is 4.79 Å². The zero-order valence-electron chi connectivity index (χ0n) is 11.9. The minimum atomic E-state index is -0.722. The third-order valence-electron chi connectivity index (χ3n) is 5.22. The molecule has 1 heterocycles. The number of likely N-dealkylation sites (tertiary alicyclic amines) is 1. The fourth-order valence-electron chi connectivity index (χ4n) is 3.86. The summed E-state index contributed by atoms with van der Waals surface area (Å²) in [5.74, 6) is 0.239. The van der Waals surface area contributed by atoms with Crippen molar-refractivity contribution < 1.29 is 9.90 Å². The highest BCUT2D eigenvalue weighted by atomic mass is 16.4. The SMILES string of the molecule is CC(CCCN1CC2CCC1C2)(NC1CC1)C(=O)O. The van der Waals surface area contributed by atoms with Gasteiger partial charge in [-0.1, -0.05) is 0 Å². The van der Waals surface area contributed by atoms with Gasteiger partial charge in [-0.3, -0.25) is 10.1 Å². The van der Waals surface area contributed by atoms with Crippen molar-refractivity contribution in [2.24, 2.45) is 5.92 Å². The fraction of sp³-hybridized carbons (Fsp3) is 0.933.